The average molecular weight is 247 g/mol. The monoisotopic (exact) mass is 247 g/mol. The van der Waals surface area contributed by atoms with E-state index in [0.717, 1.165) is 12.1 Å². The van der Waals surface area contributed by atoms with Gasteiger partial charge < -0.3 is 5.32 Å². The van der Waals surface area contributed by atoms with Crippen LogP contribution in [0, 0.1) is 11.6 Å². The molecule has 0 aliphatic heterocycles. The van der Waals surface area contributed by atoms with E-state index >= 15 is 0 Å². The molecule has 0 radical (unpaired) electrons. The van der Waals surface area contributed by atoms with Crippen LogP contribution < -0.4 is 5.32 Å². The van der Waals surface area contributed by atoms with E-state index in [1.165, 1.54) is 18.2 Å². The van der Waals surface area contributed by atoms with Crippen LogP contribution in [-0.2, 0) is 6.54 Å². The Hall–Kier alpha value is -1.74. The standard InChI is InChI=1S/C15H15F2N/c1-2-18-10-11-6-7-15(17)14(8-11)12-4-3-5-13(16)9-12/h3-9,18H,2,10H2,1H3. The highest BCUT2D eigenvalue weighted by Crippen LogP contribution is 2.24. The quantitative estimate of drug-likeness (QED) is 0.867. The summed E-state index contributed by atoms with van der Waals surface area (Å²) in [5.74, 6) is -0.690. The Morgan fingerprint density at radius 3 is 2.61 bits per heavy atom. The van der Waals surface area contributed by atoms with Crippen molar-refractivity contribution in [3.63, 3.8) is 0 Å². The predicted octanol–water partition coefficient (Wildman–Crippen LogP) is 3.74. The first-order valence-corrected chi connectivity index (χ1v) is 5.96. The fourth-order valence-electron chi connectivity index (χ4n) is 1.83. The number of benzene rings is 2. The van der Waals surface area contributed by atoms with Gasteiger partial charge in [-0.15, -0.1) is 0 Å². The maximum atomic E-state index is 13.8. The molecule has 0 aliphatic rings. The van der Waals surface area contributed by atoms with E-state index in [1.54, 1.807) is 24.3 Å². The summed E-state index contributed by atoms with van der Waals surface area (Å²) in [5.41, 5.74) is 1.98. The number of nitrogens with one attached hydrogen (secondary N) is 1. The smallest absolute Gasteiger partial charge is 0.131 e. The summed E-state index contributed by atoms with van der Waals surface area (Å²) in [4.78, 5) is 0. The molecule has 18 heavy (non-hydrogen) atoms. The summed E-state index contributed by atoms with van der Waals surface area (Å²) in [6, 6.07) is 10.9. The summed E-state index contributed by atoms with van der Waals surface area (Å²) in [5, 5.41) is 3.18. The van der Waals surface area contributed by atoms with Gasteiger partial charge in [-0.3, -0.25) is 0 Å². The lowest BCUT2D eigenvalue weighted by atomic mass is 10.0. The largest absolute Gasteiger partial charge is 0.313 e. The molecule has 0 fully saturated rings. The fraction of sp³-hybridized carbons (Fsp3) is 0.200. The Morgan fingerprint density at radius 1 is 1.06 bits per heavy atom. The molecule has 3 heteroatoms. The van der Waals surface area contributed by atoms with Crippen molar-refractivity contribution in [2.24, 2.45) is 0 Å². The first-order chi connectivity index (χ1) is 8.70. The highest BCUT2D eigenvalue weighted by Gasteiger charge is 2.07. The Labute approximate surface area is 105 Å². The van der Waals surface area contributed by atoms with Crippen molar-refractivity contribution in [3.05, 3.63) is 59.7 Å². The minimum atomic E-state index is -0.357. The molecule has 0 saturated heterocycles. The Bertz CT molecular complexity index is 538. The van der Waals surface area contributed by atoms with Gasteiger partial charge in [0.1, 0.15) is 11.6 Å². The molecular weight excluding hydrogens is 232 g/mol. The summed E-state index contributed by atoms with van der Waals surface area (Å²) in [6.07, 6.45) is 0. The normalized spacial score (nSPS) is 10.6. The minimum absolute atomic E-state index is 0.333. The molecule has 0 aromatic heterocycles. The second-order valence-corrected chi connectivity index (χ2v) is 4.10. The van der Waals surface area contributed by atoms with E-state index in [9.17, 15) is 8.78 Å². The van der Waals surface area contributed by atoms with Crippen LogP contribution >= 0.6 is 0 Å². The maximum Gasteiger partial charge on any atom is 0.131 e. The number of hydrogen-bond acceptors (Lipinski definition) is 1. The topological polar surface area (TPSA) is 12.0 Å². The maximum absolute atomic E-state index is 13.8. The third-order valence-electron chi connectivity index (χ3n) is 2.75. The number of rotatable bonds is 4. The van der Waals surface area contributed by atoms with Gasteiger partial charge in [-0.25, -0.2) is 8.78 Å². The second kappa shape index (κ2) is 5.74. The van der Waals surface area contributed by atoms with Gasteiger partial charge in [-0.2, -0.15) is 0 Å². The van der Waals surface area contributed by atoms with Crippen molar-refractivity contribution < 1.29 is 8.78 Å². The van der Waals surface area contributed by atoms with Gasteiger partial charge in [0.15, 0.2) is 0 Å². The molecule has 0 bridgehead atoms. The van der Waals surface area contributed by atoms with Crippen molar-refractivity contribution in [2.45, 2.75) is 13.5 Å². The van der Waals surface area contributed by atoms with E-state index in [4.69, 9.17) is 0 Å². The van der Waals surface area contributed by atoms with Crippen molar-refractivity contribution in [1.29, 1.82) is 0 Å². The molecule has 0 spiro atoms. The van der Waals surface area contributed by atoms with Crippen LogP contribution in [0.2, 0.25) is 0 Å². The lowest BCUT2D eigenvalue weighted by Gasteiger charge is -2.08. The van der Waals surface area contributed by atoms with Gasteiger partial charge in [-0.1, -0.05) is 25.1 Å². The Morgan fingerprint density at radius 2 is 1.89 bits per heavy atom. The number of hydrogen-bond donors (Lipinski definition) is 1. The van der Waals surface area contributed by atoms with Crippen LogP contribution in [0.15, 0.2) is 42.5 Å². The summed E-state index contributed by atoms with van der Waals surface area (Å²) < 4.78 is 26.9. The molecule has 0 amide bonds. The molecule has 2 aromatic rings. The lowest BCUT2D eigenvalue weighted by molar-refractivity contribution is 0.624. The van der Waals surface area contributed by atoms with E-state index in [0.29, 0.717) is 17.7 Å². The zero-order valence-electron chi connectivity index (χ0n) is 10.2. The van der Waals surface area contributed by atoms with E-state index < -0.39 is 0 Å². The first-order valence-electron chi connectivity index (χ1n) is 5.96. The summed E-state index contributed by atoms with van der Waals surface area (Å²) in [7, 11) is 0. The van der Waals surface area contributed by atoms with E-state index in [-0.39, 0.29) is 11.6 Å². The number of halogens is 2. The van der Waals surface area contributed by atoms with E-state index in [1.807, 2.05) is 6.92 Å². The van der Waals surface area contributed by atoms with Crippen LogP contribution in [0.25, 0.3) is 11.1 Å². The van der Waals surface area contributed by atoms with Crippen molar-refractivity contribution in [2.75, 3.05) is 6.54 Å². The molecular formula is C15H15F2N. The molecule has 0 aliphatic carbocycles. The molecule has 0 atom stereocenters. The average Bonchev–Trinajstić information content (AvgIpc) is 2.38. The van der Waals surface area contributed by atoms with Gasteiger partial charge in [0.2, 0.25) is 0 Å². The molecule has 0 heterocycles. The van der Waals surface area contributed by atoms with E-state index in [2.05, 4.69) is 5.32 Å². The molecule has 2 aromatic carbocycles. The van der Waals surface area contributed by atoms with Gasteiger partial charge in [0.05, 0.1) is 0 Å². The van der Waals surface area contributed by atoms with Crippen LogP contribution in [0.5, 0.6) is 0 Å². The van der Waals surface area contributed by atoms with Crippen LogP contribution in [-0.4, -0.2) is 6.54 Å². The molecule has 94 valence electrons. The SMILES string of the molecule is CCNCc1ccc(F)c(-c2cccc(F)c2)c1. The van der Waals surface area contributed by atoms with Crippen LogP contribution in [0.3, 0.4) is 0 Å². The van der Waals surface area contributed by atoms with Crippen LogP contribution in [0.1, 0.15) is 12.5 Å². The van der Waals surface area contributed by atoms with Crippen LogP contribution in [0.4, 0.5) is 8.78 Å². The highest BCUT2D eigenvalue weighted by molar-refractivity contribution is 5.64. The first kappa shape index (κ1) is 12.7. The third-order valence-corrected chi connectivity index (χ3v) is 2.75. The zero-order chi connectivity index (χ0) is 13.0. The lowest BCUT2D eigenvalue weighted by Crippen LogP contribution is -2.11. The predicted molar refractivity (Wildman–Crippen MR) is 69.2 cm³/mol. The molecule has 1 N–H and O–H groups in total. The van der Waals surface area contributed by atoms with Gasteiger partial charge >= 0.3 is 0 Å². The van der Waals surface area contributed by atoms with Gasteiger partial charge in [0.25, 0.3) is 0 Å². The third kappa shape index (κ3) is 2.93. The van der Waals surface area contributed by atoms with Crippen molar-refractivity contribution >= 4 is 0 Å². The van der Waals surface area contributed by atoms with Gasteiger partial charge in [0, 0.05) is 12.1 Å². The molecule has 1 nitrogen and oxygen atoms in total. The fourth-order valence-corrected chi connectivity index (χ4v) is 1.83. The summed E-state index contributed by atoms with van der Waals surface area (Å²) in [6.45, 7) is 3.54. The molecule has 0 unspecified atom stereocenters. The van der Waals surface area contributed by atoms with Crippen molar-refractivity contribution in [1.82, 2.24) is 5.32 Å². The van der Waals surface area contributed by atoms with Gasteiger partial charge in [-0.05, 0) is 41.9 Å². The Balaban J connectivity index is 2.37. The minimum Gasteiger partial charge on any atom is -0.313 e. The zero-order valence-corrected chi connectivity index (χ0v) is 10.2. The molecule has 2 rings (SSSR count). The summed E-state index contributed by atoms with van der Waals surface area (Å²) >= 11 is 0. The molecule has 0 saturated carbocycles. The highest BCUT2D eigenvalue weighted by atomic mass is 19.1. The Kier molecular flexibility index (Phi) is 4.05. The van der Waals surface area contributed by atoms with Crippen molar-refractivity contribution in [3.8, 4) is 11.1 Å². The second-order valence-electron chi connectivity index (χ2n) is 4.10.